The Morgan fingerprint density at radius 3 is 2.70 bits per heavy atom. The third kappa shape index (κ3) is 5.50. The van der Waals surface area contributed by atoms with E-state index in [1.807, 2.05) is 0 Å². The molecule has 1 aliphatic rings. The Balaban J connectivity index is 1.96. The summed E-state index contributed by atoms with van der Waals surface area (Å²) in [6.45, 7) is 7.01. The third-order valence-corrected chi connectivity index (χ3v) is 5.89. The summed E-state index contributed by atoms with van der Waals surface area (Å²) in [5.41, 5.74) is 1.56. The monoisotopic (exact) mass is 337 g/mol. The molecule has 0 unspecified atom stereocenters. The van der Waals surface area contributed by atoms with Gasteiger partial charge in [0, 0.05) is 24.6 Å². The summed E-state index contributed by atoms with van der Waals surface area (Å²) in [5.74, 6) is 0.892. The van der Waals surface area contributed by atoms with E-state index in [1.165, 1.54) is 42.5 Å². The zero-order valence-electron chi connectivity index (χ0n) is 14.5. The quantitative estimate of drug-likeness (QED) is 0.528. The predicted octanol–water partition coefficient (Wildman–Crippen LogP) is 3.44. The second-order valence-electron chi connectivity index (χ2n) is 6.61. The Bertz CT molecular complexity index is 487. The minimum Gasteiger partial charge on any atom is -0.396 e. The van der Waals surface area contributed by atoms with Gasteiger partial charge in [0.2, 0.25) is 0 Å². The van der Waals surface area contributed by atoms with Gasteiger partial charge < -0.3 is 15.7 Å². The Kier molecular flexibility index (Phi) is 7.37. The van der Waals surface area contributed by atoms with Gasteiger partial charge in [-0.25, -0.2) is 4.99 Å². The zero-order chi connectivity index (χ0) is 16.5. The highest BCUT2D eigenvalue weighted by Gasteiger charge is 2.31. The molecule has 0 atom stereocenters. The molecule has 0 amide bonds. The van der Waals surface area contributed by atoms with E-state index in [9.17, 15) is 5.11 Å². The van der Waals surface area contributed by atoms with Crippen LogP contribution in [0.3, 0.4) is 0 Å². The van der Waals surface area contributed by atoms with Gasteiger partial charge in [0.25, 0.3) is 0 Å². The van der Waals surface area contributed by atoms with Crippen molar-refractivity contribution in [3.63, 3.8) is 0 Å². The van der Waals surface area contributed by atoms with Crippen molar-refractivity contribution in [2.24, 2.45) is 10.4 Å². The average molecular weight is 338 g/mol. The van der Waals surface area contributed by atoms with Crippen LogP contribution >= 0.6 is 11.3 Å². The smallest absolute Gasteiger partial charge is 0.191 e. The van der Waals surface area contributed by atoms with Crippen LogP contribution in [0, 0.1) is 12.3 Å². The van der Waals surface area contributed by atoms with Crippen molar-refractivity contribution in [3.05, 3.63) is 21.9 Å². The van der Waals surface area contributed by atoms with E-state index in [4.69, 9.17) is 4.99 Å². The maximum atomic E-state index is 9.44. The van der Waals surface area contributed by atoms with Gasteiger partial charge in [0.1, 0.15) is 0 Å². The van der Waals surface area contributed by atoms with Crippen LogP contribution in [0.4, 0.5) is 0 Å². The first-order valence-electron chi connectivity index (χ1n) is 8.85. The van der Waals surface area contributed by atoms with Crippen molar-refractivity contribution >= 4 is 17.3 Å². The molecule has 5 heteroatoms. The lowest BCUT2D eigenvalue weighted by Crippen LogP contribution is -2.44. The standard InChI is InChI=1S/C18H31N3OS/c1-3-19-17(20-13-16-15(2)7-12-23-16)21-14-18(10-11-22)8-5-4-6-9-18/h7,12,22H,3-6,8-11,13-14H2,1-2H3,(H2,19,20,21). The van der Waals surface area contributed by atoms with Gasteiger partial charge >= 0.3 is 0 Å². The number of nitrogens with zero attached hydrogens (tertiary/aromatic N) is 1. The Hall–Kier alpha value is -1.07. The Morgan fingerprint density at radius 2 is 2.09 bits per heavy atom. The molecular weight excluding hydrogens is 306 g/mol. The van der Waals surface area contributed by atoms with Crippen molar-refractivity contribution < 1.29 is 5.11 Å². The van der Waals surface area contributed by atoms with Crippen molar-refractivity contribution in [1.29, 1.82) is 0 Å². The van der Waals surface area contributed by atoms with Gasteiger partial charge in [-0.05, 0) is 55.5 Å². The van der Waals surface area contributed by atoms with Crippen molar-refractivity contribution in [3.8, 4) is 0 Å². The first-order valence-corrected chi connectivity index (χ1v) is 9.73. The normalized spacial score (nSPS) is 18.0. The predicted molar refractivity (Wildman–Crippen MR) is 99.1 cm³/mol. The first-order chi connectivity index (χ1) is 11.2. The highest BCUT2D eigenvalue weighted by molar-refractivity contribution is 7.10. The third-order valence-electron chi connectivity index (χ3n) is 4.88. The molecule has 0 saturated heterocycles. The van der Waals surface area contributed by atoms with Crippen LogP contribution in [0.5, 0.6) is 0 Å². The number of guanidine groups is 1. The van der Waals surface area contributed by atoms with Gasteiger partial charge in [-0.1, -0.05) is 19.3 Å². The second-order valence-corrected chi connectivity index (χ2v) is 7.61. The van der Waals surface area contributed by atoms with Crippen molar-refractivity contribution in [1.82, 2.24) is 10.6 Å². The molecule has 4 nitrogen and oxygen atoms in total. The summed E-state index contributed by atoms with van der Waals surface area (Å²) in [6, 6.07) is 2.15. The average Bonchev–Trinajstić information content (AvgIpc) is 2.96. The Labute approximate surface area is 144 Å². The number of rotatable bonds is 7. The summed E-state index contributed by atoms with van der Waals surface area (Å²) in [4.78, 5) is 6.06. The maximum absolute atomic E-state index is 9.44. The number of aliphatic hydroxyl groups is 1. The number of hydrogen-bond acceptors (Lipinski definition) is 3. The lowest BCUT2D eigenvalue weighted by molar-refractivity contribution is 0.131. The van der Waals surface area contributed by atoms with Crippen molar-refractivity contribution in [2.45, 2.75) is 58.9 Å². The van der Waals surface area contributed by atoms with Gasteiger partial charge in [-0.15, -0.1) is 11.3 Å². The number of thiophene rings is 1. The summed E-state index contributed by atoms with van der Waals surface area (Å²) in [6.07, 6.45) is 7.21. The number of nitrogens with one attached hydrogen (secondary N) is 2. The van der Waals surface area contributed by atoms with Crippen LogP contribution < -0.4 is 10.6 Å². The topological polar surface area (TPSA) is 56.7 Å². The molecule has 0 aliphatic heterocycles. The molecule has 1 saturated carbocycles. The second kappa shape index (κ2) is 9.28. The van der Waals surface area contributed by atoms with Crippen LogP contribution in [0.15, 0.2) is 16.4 Å². The summed E-state index contributed by atoms with van der Waals surface area (Å²) in [7, 11) is 0. The summed E-state index contributed by atoms with van der Waals surface area (Å²) < 4.78 is 0. The fraction of sp³-hybridized carbons (Fsp3) is 0.722. The molecule has 0 aromatic carbocycles. The first kappa shape index (κ1) is 18.3. The molecule has 2 rings (SSSR count). The highest BCUT2D eigenvalue weighted by Crippen LogP contribution is 2.38. The highest BCUT2D eigenvalue weighted by atomic mass is 32.1. The minimum absolute atomic E-state index is 0.238. The van der Waals surface area contributed by atoms with E-state index in [2.05, 4.69) is 35.9 Å². The maximum Gasteiger partial charge on any atom is 0.191 e. The molecule has 1 aromatic rings. The van der Waals surface area contributed by atoms with Crippen LogP contribution in [-0.4, -0.2) is 30.8 Å². The fourth-order valence-electron chi connectivity index (χ4n) is 3.38. The van der Waals surface area contributed by atoms with E-state index in [1.54, 1.807) is 11.3 Å². The van der Waals surface area contributed by atoms with Gasteiger partial charge in [0.05, 0.1) is 6.54 Å². The van der Waals surface area contributed by atoms with Crippen LogP contribution in [0.1, 0.15) is 55.9 Å². The van der Waals surface area contributed by atoms with Crippen LogP contribution in [0.2, 0.25) is 0 Å². The molecule has 23 heavy (non-hydrogen) atoms. The largest absolute Gasteiger partial charge is 0.396 e. The Morgan fingerprint density at radius 1 is 1.30 bits per heavy atom. The molecule has 130 valence electrons. The molecule has 1 heterocycles. The molecule has 0 radical (unpaired) electrons. The molecule has 3 N–H and O–H groups in total. The molecule has 1 fully saturated rings. The van der Waals surface area contributed by atoms with Crippen molar-refractivity contribution in [2.75, 3.05) is 19.7 Å². The number of aryl methyl sites for hydroxylation is 1. The minimum atomic E-state index is 0.238. The van der Waals surface area contributed by atoms with Gasteiger partial charge in [-0.3, -0.25) is 0 Å². The van der Waals surface area contributed by atoms with E-state index in [-0.39, 0.29) is 12.0 Å². The molecule has 1 aromatic heterocycles. The number of aliphatic hydroxyl groups excluding tert-OH is 1. The zero-order valence-corrected chi connectivity index (χ0v) is 15.3. The fourth-order valence-corrected chi connectivity index (χ4v) is 4.21. The molecule has 1 aliphatic carbocycles. The lowest BCUT2D eigenvalue weighted by Gasteiger charge is -2.37. The number of hydrogen-bond donors (Lipinski definition) is 3. The lowest BCUT2D eigenvalue weighted by atomic mass is 9.72. The van der Waals surface area contributed by atoms with E-state index in [0.717, 1.165) is 32.0 Å². The summed E-state index contributed by atoms with van der Waals surface area (Å²) >= 11 is 1.77. The summed E-state index contributed by atoms with van der Waals surface area (Å²) in [5, 5.41) is 18.4. The van der Waals surface area contributed by atoms with Gasteiger partial charge in [0.15, 0.2) is 5.96 Å². The van der Waals surface area contributed by atoms with Crippen LogP contribution in [-0.2, 0) is 6.54 Å². The number of aliphatic imine (C=N–C) groups is 1. The molecule has 0 bridgehead atoms. The SMILES string of the molecule is CCNC(=NCc1sccc1C)NCC1(CCO)CCCCC1. The molecule has 0 spiro atoms. The van der Waals surface area contributed by atoms with E-state index in [0.29, 0.717) is 0 Å². The van der Waals surface area contributed by atoms with E-state index < -0.39 is 0 Å². The van der Waals surface area contributed by atoms with Gasteiger partial charge in [-0.2, -0.15) is 0 Å². The van der Waals surface area contributed by atoms with Crippen LogP contribution in [0.25, 0.3) is 0 Å². The molecular formula is C18H31N3OS. The van der Waals surface area contributed by atoms with E-state index >= 15 is 0 Å².